The second-order valence-electron chi connectivity index (χ2n) is 7.22. The molecule has 2 aliphatic heterocycles. The number of rotatable bonds is 5. The first-order chi connectivity index (χ1) is 13.1. The Kier molecular flexibility index (Phi) is 6.55. The van der Waals surface area contributed by atoms with Gasteiger partial charge in [0.15, 0.2) is 0 Å². The van der Waals surface area contributed by atoms with Crippen molar-refractivity contribution in [1.82, 2.24) is 15.5 Å². The van der Waals surface area contributed by atoms with Crippen LogP contribution < -0.4 is 20.1 Å². The monoisotopic (exact) mass is 375 g/mol. The van der Waals surface area contributed by atoms with Crippen LogP contribution in [0.4, 0.5) is 0 Å². The first kappa shape index (κ1) is 19.5. The lowest BCUT2D eigenvalue weighted by Gasteiger charge is -2.33. The number of nitrogens with one attached hydrogen (secondary N) is 2. The zero-order valence-electron chi connectivity index (χ0n) is 16.1. The van der Waals surface area contributed by atoms with Gasteiger partial charge in [-0.2, -0.15) is 0 Å². The lowest BCUT2D eigenvalue weighted by Crippen LogP contribution is -2.49. The molecule has 3 rings (SSSR count). The molecule has 2 amide bonds. The van der Waals surface area contributed by atoms with Crippen LogP contribution in [0.5, 0.6) is 11.5 Å². The van der Waals surface area contributed by atoms with Crippen molar-refractivity contribution in [1.29, 1.82) is 0 Å². The van der Waals surface area contributed by atoms with E-state index in [1.165, 1.54) is 0 Å². The number of piperidine rings is 2. The van der Waals surface area contributed by atoms with E-state index in [0.717, 1.165) is 25.9 Å². The lowest BCUT2D eigenvalue weighted by atomic mass is 9.94. The molecule has 0 bridgehead atoms. The zero-order chi connectivity index (χ0) is 19.2. The molecule has 0 aliphatic carbocycles. The molecule has 0 radical (unpaired) electrons. The van der Waals surface area contributed by atoms with E-state index in [2.05, 4.69) is 10.6 Å². The van der Waals surface area contributed by atoms with E-state index in [1.54, 1.807) is 37.3 Å². The molecule has 0 unspecified atom stereocenters. The number of benzene rings is 1. The molecule has 2 heterocycles. The molecule has 2 fully saturated rings. The highest BCUT2D eigenvalue weighted by Gasteiger charge is 2.29. The summed E-state index contributed by atoms with van der Waals surface area (Å²) in [6.07, 6.45) is 3.52. The number of carbonyl (C=O) groups excluding carboxylic acids is 2. The van der Waals surface area contributed by atoms with Crippen molar-refractivity contribution >= 4 is 11.8 Å². The number of methoxy groups -OCH3 is 2. The number of ether oxygens (including phenoxy) is 2. The summed E-state index contributed by atoms with van der Waals surface area (Å²) in [5.74, 6) is 1.23. The first-order valence-electron chi connectivity index (χ1n) is 9.64. The molecular formula is C20H29N3O4. The maximum atomic E-state index is 12.8. The molecule has 0 saturated carbocycles. The summed E-state index contributed by atoms with van der Waals surface area (Å²) in [4.78, 5) is 27.1. The molecule has 148 valence electrons. The van der Waals surface area contributed by atoms with Gasteiger partial charge in [-0.25, -0.2) is 0 Å². The van der Waals surface area contributed by atoms with E-state index in [4.69, 9.17) is 9.47 Å². The Balaban J connectivity index is 1.55. The van der Waals surface area contributed by atoms with E-state index >= 15 is 0 Å². The minimum atomic E-state index is -0.0532. The van der Waals surface area contributed by atoms with Crippen LogP contribution in [0.2, 0.25) is 0 Å². The maximum Gasteiger partial charge on any atom is 0.254 e. The standard InChI is InChI=1S/C20H29N3O4/c1-26-17-10-15(11-18(12-17)27-2)20(25)23-8-5-14(6-9-23)19(24)22-16-4-3-7-21-13-16/h10-12,14,16,21H,3-9,13H2,1-2H3,(H,22,24)/t16-/m0/s1. The molecule has 27 heavy (non-hydrogen) atoms. The predicted octanol–water partition coefficient (Wildman–Crippen LogP) is 1.42. The molecule has 1 aromatic rings. The van der Waals surface area contributed by atoms with Crippen LogP contribution in [0.3, 0.4) is 0 Å². The Morgan fingerprint density at radius 1 is 1.07 bits per heavy atom. The maximum absolute atomic E-state index is 12.8. The summed E-state index contributed by atoms with van der Waals surface area (Å²) in [7, 11) is 3.13. The lowest BCUT2D eigenvalue weighted by molar-refractivity contribution is -0.127. The van der Waals surface area contributed by atoms with Crippen molar-refractivity contribution < 1.29 is 19.1 Å². The molecule has 0 aromatic heterocycles. The van der Waals surface area contributed by atoms with Gasteiger partial charge in [0.05, 0.1) is 14.2 Å². The number of carbonyl (C=O) groups is 2. The summed E-state index contributed by atoms with van der Waals surface area (Å²) in [5.41, 5.74) is 0.544. The normalized spacial score (nSPS) is 20.8. The number of amides is 2. The van der Waals surface area contributed by atoms with Gasteiger partial charge in [0.25, 0.3) is 5.91 Å². The van der Waals surface area contributed by atoms with E-state index in [9.17, 15) is 9.59 Å². The van der Waals surface area contributed by atoms with E-state index in [-0.39, 0.29) is 23.8 Å². The van der Waals surface area contributed by atoms with Crippen molar-refractivity contribution in [2.45, 2.75) is 31.7 Å². The van der Waals surface area contributed by atoms with Crippen molar-refractivity contribution in [3.05, 3.63) is 23.8 Å². The van der Waals surface area contributed by atoms with Gasteiger partial charge in [0.1, 0.15) is 11.5 Å². The highest BCUT2D eigenvalue weighted by molar-refractivity contribution is 5.95. The van der Waals surface area contributed by atoms with Crippen molar-refractivity contribution in [3.63, 3.8) is 0 Å². The van der Waals surface area contributed by atoms with Crippen LogP contribution >= 0.6 is 0 Å². The van der Waals surface area contributed by atoms with Gasteiger partial charge >= 0.3 is 0 Å². The van der Waals surface area contributed by atoms with Gasteiger partial charge in [-0.05, 0) is 44.4 Å². The Hall–Kier alpha value is -2.28. The molecule has 2 N–H and O–H groups in total. The molecule has 2 aliphatic rings. The second kappa shape index (κ2) is 9.08. The van der Waals surface area contributed by atoms with Gasteiger partial charge in [0.2, 0.25) is 5.91 Å². The van der Waals surface area contributed by atoms with Crippen LogP contribution in [-0.4, -0.2) is 63.2 Å². The predicted molar refractivity (Wildman–Crippen MR) is 102 cm³/mol. The molecule has 1 aromatic carbocycles. The van der Waals surface area contributed by atoms with Gasteiger partial charge in [-0.1, -0.05) is 0 Å². The Bertz CT molecular complexity index is 643. The van der Waals surface area contributed by atoms with Crippen LogP contribution in [0.15, 0.2) is 18.2 Å². The number of nitrogens with zero attached hydrogens (tertiary/aromatic N) is 1. The molecule has 7 nitrogen and oxygen atoms in total. The highest BCUT2D eigenvalue weighted by Crippen LogP contribution is 2.25. The topological polar surface area (TPSA) is 79.9 Å². The Labute approximate surface area is 160 Å². The Morgan fingerprint density at radius 2 is 1.74 bits per heavy atom. The van der Waals surface area contributed by atoms with Gasteiger partial charge < -0.3 is 25.0 Å². The number of hydrogen-bond acceptors (Lipinski definition) is 5. The average Bonchev–Trinajstić information content (AvgIpc) is 2.73. The van der Waals surface area contributed by atoms with E-state index in [1.807, 2.05) is 0 Å². The molecular weight excluding hydrogens is 346 g/mol. The van der Waals surface area contributed by atoms with Gasteiger partial charge in [-0.15, -0.1) is 0 Å². The van der Waals surface area contributed by atoms with Gasteiger partial charge in [0, 0.05) is 43.2 Å². The van der Waals surface area contributed by atoms with E-state index < -0.39 is 0 Å². The summed E-state index contributed by atoms with van der Waals surface area (Å²) in [5, 5.41) is 6.47. The Morgan fingerprint density at radius 3 is 2.30 bits per heavy atom. The summed E-state index contributed by atoms with van der Waals surface area (Å²) in [6.45, 7) is 3.04. The van der Waals surface area contributed by atoms with Crippen LogP contribution in [-0.2, 0) is 4.79 Å². The smallest absolute Gasteiger partial charge is 0.254 e. The van der Waals surface area contributed by atoms with Crippen LogP contribution in [0, 0.1) is 5.92 Å². The molecule has 7 heteroatoms. The summed E-state index contributed by atoms with van der Waals surface area (Å²) < 4.78 is 10.5. The van der Waals surface area contributed by atoms with Crippen LogP contribution in [0.1, 0.15) is 36.0 Å². The minimum Gasteiger partial charge on any atom is -0.497 e. The zero-order valence-corrected chi connectivity index (χ0v) is 16.1. The summed E-state index contributed by atoms with van der Waals surface area (Å²) in [6, 6.07) is 5.42. The van der Waals surface area contributed by atoms with Crippen LogP contribution in [0.25, 0.3) is 0 Å². The van der Waals surface area contributed by atoms with Crippen molar-refractivity contribution in [2.24, 2.45) is 5.92 Å². The largest absolute Gasteiger partial charge is 0.497 e. The van der Waals surface area contributed by atoms with Crippen molar-refractivity contribution in [2.75, 3.05) is 40.4 Å². The molecule has 1 atom stereocenters. The fourth-order valence-corrected chi connectivity index (χ4v) is 3.75. The number of likely N-dealkylation sites (tertiary alicyclic amines) is 1. The third-order valence-electron chi connectivity index (χ3n) is 5.39. The summed E-state index contributed by atoms with van der Waals surface area (Å²) >= 11 is 0. The molecule has 2 saturated heterocycles. The third kappa shape index (κ3) is 4.91. The quantitative estimate of drug-likeness (QED) is 0.814. The first-order valence-corrected chi connectivity index (χ1v) is 9.64. The SMILES string of the molecule is COc1cc(OC)cc(C(=O)N2CCC(C(=O)N[C@H]3CCCNC3)CC2)c1. The fraction of sp³-hybridized carbons (Fsp3) is 0.600. The molecule has 0 spiro atoms. The third-order valence-corrected chi connectivity index (χ3v) is 5.39. The van der Waals surface area contributed by atoms with Gasteiger partial charge in [-0.3, -0.25) is 9.59 Å². The average molecular weight is 375 g/mol. The second-order valence-corrected chi connectivity index (χ2v) is 7.22. The highest BCUT2D eigenvalue weighted by atomic mass is 16.5. The minimum absolute atomic E-state index is 0.0178. The number of hydrogen-bond donors (Lipinski definition) is 2. The van der Waals surface area contributed by atoms with E-state index in [0.29, 0.717) is 43.0 Å². The van der Waals surface area contributed by atoms with Crippen molar-refractivity contribution in [3.8, 4) is 11.5 Å². The fourth-order valence-electron chi connectivity index (χ4n) is 3.75.